The van der Waals surface area contributed by atoms with Crippen molar-refractivity contribution >= 4 is 15.9 Å². The van der Waals surface area contributed by atoms with Crippen LogP contribution in [0.4, 0.5) is 0 Å². The van der Waals surface area contributed by atoms with E-state index in [2.05, 4.69) is 25.9 Å². The first-order valence-electron chi connectivity index (χ1n) is 4.99. The molecule has 1 aromatic heterocycles. The highest BCUT2D eigenvalue weighted by atomic mass is 79.9. The van der Waals surface area contributed by atoms with E-state index in [1.165, 1.54) is 0 Å². The number of halogens is 1. The Morgan fingerprint density at radius 3 is 2.62 bits per heavy atom. The second-order valence-corrected chi connectivity index (χ2v) is 4.58. The predicted octanol–water partition coefficient (Wildman–Crippen LogP) is 1.42. The fraction of sp³-hybridized carbons (Fsp3) is 0.600. The Balaban J connectivity index is 1.91. The first kappa shape index (κ1) is 11.6. The molecular formula is C10H13BrN2O3. The summed E-state index contributed by atoms with van der Waals surface area (Å²) in [4.78, 5) is 8.14. The maximum absolute atomic E-state index is 5.59. The third-order valence-electron chi connectivity index (χ3n) is 2.10. The van der Waals surface area contributed by atoms with E-state index in [1.807, 2.05) is 6.92 Å². The maximum Gasteiger partial charge on any atom is 0.317 e. The summed E-state index contributed by atoms with van der Waals surface area (Å²) in [6.45, 7) is 3.72. The molecular weight excluding hydrogens is 276 g/mol. The quantitative estimate of drug-likeness (QED) is 0.767. The van der Waals surface area contributed by atoms with E-state index >= 15 is 0 Å². The normalized spacial score (nSPS) is 17.6. The Morgan fingerprint density at radius 1 is 1.44 bits per heavy atom. The van der Waals surface area contributed by atoms with E-state index in [0.717, 1.165) is 5.33 Å². The van der Waals surface area contributed by atoms with Crippen LogP contribution in [-0.4, -0.2) is 40.7 Å². The topological polar surface area (TPSA) is 53.5 Å². The van der Waals surface area contributed by atoms with E-state index in [1.54, 1.807) is 12.4 Å². The van der Waals surface area contributed by atoms with Gasteiger partial charge in [-0.2, -0.15) is 9.97 Å². The smallest absolute Gasteiger partial charge is 0.317 e. The monoisotopic (exact) mass is 288 g/mol. The number of hydrogen-bond acceptors (Lipinski definition) is 5. The summed E-state index contributed by atoms with van der Waals surface area (Å²) in [6.07, 6.45) is 3.21. The van der Waals surface area contributed by atoms with Gasteiger partial charge in [-0.25, -0.2) is 0 Å². The fourth-order valence-electron chi connectivity index (χ4n) is 1.26. The van der Waals surface area contributed by atoms with E-state index in [-0.39, 0.29) is 5.60 Å². The first-order chi connectivity index (χ1) is 7.72. The summed E-state index contributed by atoms with van der Waals surface area (Å²) in [5.74, 6) is 0.641. The van der Waals surface area contributed by atoms with Crippen LogP contribution in [0.15, 0.2) is 12.4 Å². The SMILES string of the molecule is CC1(Oc2ncc(OCCBr)cn2)COC1. The summed E-state index contributed by atoms with van der Waals surface area (Å²) in [7, 11) is 0. The van der Waals surface area contributed by atoms with Gasteiger partial charge in [0.25, 0.3) is 0 Å². The predicted molar refractivity (Wildman–Crippen MR) is 61.2 cm³/mol. The van der Waals surface area contributed by atoms with E-state index in [9.17, 15) is 0 Å². The molecule has 0 atom stereocenters. The fourth-order valence-corrected chi connectivity index (χ4v) is 1.42. The van der Waals surface area contributed by atoms with Gasteiger partial charge in [-0.3, -0.25) is 0 Å². The van der Waals surface area contributed by atoms with Crippen LogP contribution in [0.5, 0.6) is 11.8 Å². The molecule has 0 bridgehead atoms. The molecule has 2 heterocycles. The zero-order chi connectivity index (χ0) is 11.4. The summed E-state index contributed by atoms with van der Waals surface area (Å²) >= 11 is 3.27. The summed E-state index contributed by atoms with van der Waals surface area (Å²) in [5.41, 5.74) is -0.280. The standard InChI is InChI=1S/C10H13BrN2O3/c1-10(6-14-7-10)16-9-12-4-8(5-13-9)15-3-2-11/h4-5H,2-3,6-7H2,1H3. The lowest BCUT2D eigenvalue weighted by atomic mass is 10.1. The molecule has 1 aromatic rings. The van der Waals surface area contributed by atoms with Crippen molar-refractivity contribution in [3.63, 3.8) is 0 Å². The van der Waals surface area contributed by atoms with Crippen molar-refractivity contribution in [1.82, 2.24) is 9.97 Å². The molecule has 1 aliphatic rings. The molecule has 0 amide bonds. The van der Waals surface area contributed by atoms with Gasteiger partial charge >= 0.3 is 6.01 Å². The zero-order valence-corrected chi connectivity index (χ0v) is 10.6. The summed E-state index contributed by atoms with van der Waals surface area (Å²) in [6, 6.07) is 0.358. The minimum Gasteiger partial charge on any atom is -0.489 e. The van der Waals surface area contributed by atoms with Gasteiger partial charge in [0.05, 0.1) is 32.2 Å². The second kappa shape index (κ2) is 4.97. The largest absolute Gasteiger partial charge is 0.489 e. The molecule has 0 N–H and O–H groups in total. The molecule has 0 radical (unpaired) electrons. The van der Waals surface area contributed by atoms with E-state index in [0.29, 0.717) is 31.6 Å². The Bertz CT molecular complexity index is 340. The van der Waals surface area contributed by atoms with E-state index < -0.39 is 0 Å². The van der Waals surface area contributed by atoms with Crippen molar-refractivity contribution in [1.29, 1.82) is 0 Å². The van der Waals surface area contributed by atoms with Crippen molar-refractivity contribution in [2.75, 3.05) is 25.2 Å². The van der Waals surface area contributed by atoms with Gasteiger partial charge in [-0.05, 0) is 6.92 Å². The number of hydrogen-bond donors (Lipinski definition) is 0. The highest BCUT2D eigenvalue weighted by molar-refractivity contribution is 9.09. The Kier molecular flexibility index (Phi) is 3.60. The number of ether oxygens (including phenoxy) is 3. The average Bonchev–Trinajstić information content (AvgIpc) is 2.26. The molecule has 1 saturated heterocycles. The maximum atomic E-state index is 5.59. The Labute approximate surface area is 102 Å². The van der Waals surface area contributed by atoms with Crippen LogP contribution in [0.3, 0.4) is 0 Å². The first-order valence-corrected chi connectivity index (χ1v) is 6.12. The molecule has 2 rings (SSSR count). The molecule has 0 spiro atoms. The highest BCUT2D eigenvalue weighted by Crippen LogP contribution is 2.22. The van der Waals surface area contributed by atoms with Crippen molar-refractivity contribution in [2.45, 2.75) is 12.5 Å². The number of nitrogens with zero attached hydrogens (tertiary/aromatic N) is 2. The third kappa shape index (κ3) is 2.82. The molecule has 1 fully saturated rings. The highest BCUT2D eigenvalue weighted by Gasteiger charge is 2.36. The van der Waals surface area contributed by atoms with Gasteiger partial charge in [0.15, 0.2) is 11.4 Å². The number of rotatable bonds is 5. The molecule has 16 heavy (non-hydrogen) atoms. The van der Waals surface area contributed by atoms with Gasteiger partial charge < -0.3 is 14.2 Å². The molecule has 5 nitrogen and oxygen atoms in total. The van der Waals surface area contributed by atoms with Gasteiger partial charge in [0, 0.05) is 5.33 Å². The second-order valence-electron chi connectivity index (χ2n) is 3.78. The lowest BCUT2D eigenvalue weighted by Crippen LogP contribution is -2.51. The van der Waals surface area contributed by atoms with Crippen LogP contribution in [0.25, 0.3) is 0 Å². The Morgan fingerprint density at radius 2 is 2.12 bits per heavy atom. The molecule has 0 saturated carbocycles. The Hall–Kier alpha value is -0.880. The number of alkyl halides is 1. The van der Waals surface area contributed by atoms with Gasteiger partial charge in [0.1, 0.15) is 0 Å². The molecule has 88 valence electrons. The van der Waals surface area contributed by atoms with Crippen LogP contribution in [0, 0.1) is 0 Å². The van der Waals surface area contributed by atoms with Crippen LogP contribution in [-0.2, 0) is 4.74 Å². The van der Waals surface area contributed by atoms with Crippen molar-refractivity contribution in [3.8, 4) is 11.8 Å². The molecule has 0 aliphatic carbocycles. The molecule has 6 heteroatoms. The summed E-state index contributed by atoms with van der Waals surface area (Å²) < 4.78 is 16.0. The minimum atomic E-state index is -0.280. The van der Waals surface area contributed by atoms with Crippen LogP contribution < -0.4 is 9.47 Å². The summed E-state index contributed by atoms with van der Waals surface area (Å²) in [5, 5.41) is 0.778. The third-order valence-corrected chi connectivity index (χ3v) is 2.43. The molecule has 1 aliphatic heterocycles. The average molecular weight is 289 g/mol. The van der Waals surface area contributed by atoms with Crippen LogP contribution >= 0.6 is 15.9 Å². The zero-order valence-electron chi connectivity index (χ0n) is 8.98. The van der Waals surface area contributed by atoms with Crippen molar-refractivity contribution in [3.05, 3.63) is 12.4 Å². The van der Waals surface area contributed by atoms with Gasteiger partial charge in [-0.15, -0.1) is 0 Å². The van der Waals surface area contributed by atoms with Gasteiger partial charge in [-0.1, -0.05) is 15.9 Å². The van der Waals surface area contributed by atoms with Crippen molar-refractivity contribution in [2.24, 2.45) is 0 Å². The molecule has 0 aromatic carbocycles. The lowest BCUT2D eigenvalue weighted by Gasteiger charge is -2.36. The van der Waals surface area contributed by atoms with Gasteiger partial charge in [0.2, 0.25) is 0 Å². The number of aromatic nitrogens is 2. The van der Waals surface area contributed by atoms with Crippen molar-refractivity contribution < 1.29 is 14.2 Å². The van der Waals surface area contributed by atoms with Crippen LogP contribution in [0.2, 0.25) is 0 Å². The van der Waals surface area contributed by atoms with Crippen LogP contribution in [0.1, 0.15) is 6.92 Å². The van der Waals surface area contributed by atoms with E-state index in [4.69, 9.17) is 14.2 Å². The molecule has 0 unspecified atom stereocenters. The lowest BCUT2D eigenvalue weighted by molar-refractivity contribution is -0.153. The minimum absolute atomic E-state index is 0.280.